The van der Waals surface area contributed by atoms with Crippen molar-refractivity contribution in [2.24, 2.45) is 0 Å². The minimum absolute atomic E-state index is 0.441. The molecule has 0 aliphatic carbocycles. The Kier molecular flexibility index (Phi) is 4.15. The monoisotopic (exact) mass is 261 g/mol. The summed E-state index contributed by atoms with van der Waals surface area (Å²) in [5.41, 5.74) is 3.26. The quantitative estimate of drug-likeness (QED) is 0.786. The largest absolute Gasteiger partial charge is 0.311 e. The average Bonchev–Trinajstić information content (AvgIpc) is 2.40. The molecule has 18 heavy (non-hydrogen) atoms. The van der Waals surface area contributed by atoms with Crippen LogP contribution in [0.25, 0.3) is 0 Å². The van der Waals surface area contributed by atoms with Crippen LogP contribution in [0.1, 0.15) is 18.1 Å². The summed E-state index contributed by atoms with van der Waals surface area (Å²) in [7, 11) is 0. The van der Waals surface area contributed by atoms with Crippen LogP contribution in [0.2, 0.25) is 0 Å². The van der Waals surface area contributed by atoms with Crippen molar-refractivity contribution in [1.82, 2.24) is 9.97 Å². The zero-order valence-corrected chi connectivity index (χ0v) is 11.4. The summed E-state index contributed by atoms with van der Waals surface area (Å²) in [6.07, 6.45) is 3.54. The molecule has 4 heteroatoms. The predicted octanol–water partition coefficient (Wildman–Crippen LogP) is 3.68. The molecule has 0 bridgehead atoms. The molecule has 3 nitrogen and oxygen atoms in total. The lowest BCUT2D eigenvalue weighted by Crippen LogP contribution is -2.18. The van der Waals surface area contributed by atoms with Crippen molar-refractivity contribution in [1.29, 1.82) is 0 Å². The van der Waals surface area contributed by atoms with Gasteiger partial charge in [0.2, 0.25) is 5.95 Å². The minimum Gasteiger partial charge on any atom is -0.311 e. The van der Waals surface area contributed by atoms with Crippen LogP contribution in [0.3, 0.4) is 0 Å². The van der Waals surface area contributed by atoms with Gasteiger partial charge in [0.1, 0.15) is 0 Å². The zero-order chi connectivity index (χ0) is 13.0. The topological polar surface area (TPSA) is 29.0 Å². The van der Waals surface area contributed by atoms with Gasteiger partial charge in [-0.3, -0.25) is 0 Å². The van der Waals surface area contributed by atoms with Crippen molar-refractivity contribution in [3.63, 3.8) is 0 Å². The molecule has 1 aromatic heterocycles. The summed E-state index contributed by atoms with van der Waals surface area (Å²) >= 11 is 5.74. The summed E-state index contributed by atoms with van der Waals surface area (Å²) < 4.78 is 0. The van der Waals surface area contributed by atoms with Gasteiger partial charge in [-0.1, -0.05) is 12.1 Å². The number of halogens is 1. The third kappa shape index (κ3) is 2.79. The second-order valence-electron chi connectivity index (χ2n) is 4.11. The Hall–Kier alpha value is -1.61. The van der Waals surface area contributed by atoms with E-state index in [9.17, 15) is 0 Å². The average molecular weight is 262 g/mol. The second-order valence-corrected chi connectivity index (χ2v) is 4.38. The standard InChI is InChI=1S/C14H16ClN3/c1-3-18(13-6-4-5-11(2)7-13)14-16-9-12(8-15)10-17-14/h4-7,9-10H,3,8H2,1-2H3. The van der Waals surface area contributed by atoms with Crippen molar-refractivity contribution in [2.75, 3.05) is 11.4 Å². The molecule has 0 atom stereocenters. The van der Waals surface area contributed by atoms with Gasteiger partial charge >= 0.3 is 0 Å². The predicted molar refractivity (Wildman–Crippen MR) is 75.4 cm³/mol. The van der Waals surface area contributed by atoms with Gasteiger partial charge in [-0.05, 0) is 31.5 Å². The molecule has 2 rings (SSSR count). The molecule has 0 aliphatic rings. The van der Waals surface area contributed by atoms with Gasteiger partial charge in [-0.2, -0.15) is 0 Å². The lowest BCUT2D eigenvalue weighted by molar-refractivity contribution is 0.938. The van der Waals surface area contributed by atoms with Crippen LogP contribution in [0, 0.1) is 6.92 Å². The first kappa shape index (κ1) is 12.8. The van der Waals surface area contributed by atoms with E-state index in [-0.39, 0.29) is 0 Å². The maximum Gasteiger partial charge on any atom is 0.229 e. The van der Waals surface area contributed by atoms with E-state index in [1.165, 1.54) is 5.56 Å². The Morgan fingerprint density at radius 1 is 1.22 bits per heavy atom. The number of benzene rings is 1. The molecule has 0 amide bonds. The Morgan fingerprint density at radius 3 is 2.50 bits per heavy atom. The van der Waals surface area contributed by atoms with Crippen LogP contribution in [-0.4, -0.2) is 16.5 Å². The molecule has 0 saturated carbocycles. The van der Waals surface area contributed by atoms with E-state index in [1.807, 2.05) is 6.07 Å². The summed E-state index contributed by atoms with van der Waals surface area (Å²) in [5.74, 6) is 1.15. The molecule has 0 radical (unpaired) electrons. The second kappa shape index (κ2) is 5.83. The summed E-state index contributed by atoms with van der Waals surface area (Å²) in [5, 5.41) is 0. The molecule has 94 valence electrons. The number of nitrogens with zero attached hydrogens (tertiary/aromatic N) is 3. The van der Waals surface area contributed by atoms with Gasteiger partial charge in [-0.25, -0.2) is 9.97 Å². The first-order valence-electron chi connectivity index (χ1n) is 5.95. The number of alkyl halides is 1. The zero-order valence-electron chi connectivity index (χ0n) is 10.6. The number of aryl methyl sites for hydroxylation is 1. The number of hydrogen-bond donors (Lipinski definition) is 0. The van der Waals surface area contributed by atoms with E-state index < -0.39 is 0 Å². The Labute approximate surface area is 112 Å². The number of aromatic nitrogens is 2. The van der Waals surface area contributed by atoms with Gasteiger partial charge in [0, 0.05) is 30.2 Å². The first-order valence-corrected chi connectivity index (χ1v) is 6.49. The molecule has 0 aliphatic heterocycles. The van der Waals surface area contributed by atoms with Crippen LogP contribution in [0.4, 0.5) is 11.6 Å². The Bertz CT molecular complexity index is 511. The molecule has 0 unspecified atom stereocenters. The molecule has 0 fully saturated rings. The van der Waals surface area contributed by atoms with Crippen LogP contribution in [-0.2, 0) is 5.88 Å². The highest BCUT2D eigenvalue weighted by Gasteiger charge is 2.09. The Morgan fingerprint density at radius 2 is 1.94 bits per heavy atom. The molecule has 0 spiro atoms. The Balaban J connectivity index is 2.32. The van der Waals surface area contributed by atoms with Crippen molar-refractivity contribution in [3.05, 3.63) is 47.8 Å². The van der Waals surface area contributed by atoms with E-state index in [2.05, 4.69) is 46.9 Å². The van der Waals surface area contributed by atoms with Gasteiger partial charge in [-0.15, -0.1) is 11.6 Å². The normalized spacial score (nSPS) is 10.4. The maximum absolute atomic E-state index is 5.74. The van der Waals surface area contributed by atoms with E-state index in [4.69, 9.17) is 11.6 Å². The molecule has 2 aromatic rings. The van der Waals surface area contributed by atoms with E-state index >= 15 is 0 Å². The molecule has 0 N–H and O–H groups in total. The van der Waals surface area contributed by atoms with E-state index in [0.29, 0.717) is 11.8 Å². The lowest BCUT2D eigenvalue weighted by Gasteiger charge is -2.21. The third-order valence-corrected chi connectivity index (χ3v) is 3.03. The molecule has 1 heterocycles. The van der Waals surface area contributed by atoms with Gasteiger partial charge in [0.05, 0.1) is 5.88 Å². The fourth-order valence-electron chi connectivity index (χ4n) is 1.79. The number of anilines is 2. The number of hydrogen-bond acceptors (Lipinski definition) is 3. The van der Waals surface area contributed by atoms with Gasteiger partial charge in [0.15, 0.2) is 0 Å². The number of rotatable bonds is 4. The van der Waals surface area contributed by atoms with E-state index in [0.717, 1.165) is 17.8 Å². The lowest BCUT2D eigenvalue weighted by atomic mass is 10.2. The fourth-order valence-corrected chi connectivity index (χ4v) is 1.93. The fraction of sp³-hybridized carbons (Fsp3) is 0.286. The summed E-state index contributed by atoms with van der Waals surface area (Å²) in [4.78, 5) is 10.8. The van der Waals surface area contributed by atoms with Crippen LogP contribution < -0.4 is 4.90 Å². The molecular formula is C14H16ClN3. The highest BCUT2D eigenvalue weighted by atomic mass is 35.5. The minimum atomic E-state index is 0.441. The third-order valence-electron chi connectivity index (χ3n) is 2.72. The SMILES string of the molecule is CCN(c1cccc(C)c1)c1ncc(CCl)cn1. The summed E-state index contributed by atoms with van der Waals surface area (Å²) in [6.45, 7) is 4.99. The van der Waals surface area contributed by atoms with Gasteiger partial charge in [0.25, 0.3) is 0 Å². The first-order chi connectivity index (χ1) is 8.74. The molecule has 0 saturated heterocycles. The maximum atomic E-state index is 5.74. The summed E-state index contributed by atoms with van der Waals surface area (Å²) in [6, 6.07) is 8.31. The smallest absolute Gasteiger partial charge is 0.229 e. The van der Waals surface area contributed by atoms with Crippen LogP contribution in [0.15, 0.2) is 36.7 Å². The highest BCUT2D eigenvalue weighted by molar-refractivity contribution is 6.17. The molecule has 1 aromatic carbocycles. The van der Waals surface area contributed by atoms with E-state index in [1.54, 1.807) is 12.4 Å². The van der Waals surface area contributed by atoms with Crippen molar-refractivity contribution in [3.8, 4) is 0 Å². The van der Waals surface area contributed by atoms with Crippen molar-refractivity contribution < 1.29 is 0 Å². The van der Waals surface area contributed by atoms with Crippen LogP contribution >= 0.6 is 11.6 Å². The highest BCUT2D eigenvalue weighted by Crippen LogP contribution is 2.22. The molecular weight excluding hydrogens is 246 g/mol. The van der Waals surface area contributed by atoms with Crippen molar-refractivity contribution in [2.45, 2.75) is 19.7 Å². The van der Waals surface area contributed by atoms with Crippen molar-refractivity contribution >= 4 is 23.2 Å². The van der Waals surface area contributed by atoms with Gasteiger partial charge < -0.3 is 4.90 Å². The van der Waals surface area contributed by atoms with Crippen LogP contribution in [0.5, 0.6) is 0 Å².